The quantitative estimate of drug-likeness (QED) is 0.902. The number of carbonyl (C=O) groups excluding carboxylic acids is 1. The van der Waals surface area contributed by atoms with Crippen LogP contribution in [0, 0.1) is 5.92 Å². The average Bonchev–Trinajstić information content (AvgIpc) is 3.18. The Kier molecular flexibility index (Phi) is 5.80. The second kappa shape index (κ2) is 7.62. The SMILES string of the molecule is CC(NC(=O)C1CCC(N)C1)c1cccc(-n2cccn2)c1.Cl. The Balaban J connectivity index is 0.00000192. The van der Waals surface area contributed by atoms with Gasteiger partial charge in [0.25, 0.3) is 0 Å². The van der Waals surface area contributed by atoms with Crippen LogP contribution in [0.3, 0.4) is 0 Å². The third-order valence-corrected chi connectivity index (χ3v) is 4.34. The molecule has 124 valence electrons. The summed E-state index contributed by atoms with van der Waals surface area (Å²) >= 11 is 0. The van der Waals surface area contributed by atoms with Crippen LogP contribution in [0.15, 0.2) is 42.7 Å². The Morgan fingerprint density at radius 1 is 1.39 bits per heavy atom. The number of nitrogens with zero attached hydrogens (tertiary/aromatic N) is 2. The lowest BCUT2D eigenvalue weighted by molar-refractivity contribution is -0.125. The largest absolute Gasteiger partial charge is 0.349 e. The van der Waals surface area contributed by atoms with Crippen molar-refractivity contribution in [3.05, 3.63) is 48.3 Å². The zero-order chi connectivity index (χ0) is 15.5. The molecule has 3 rings (SSSR count). The van der Waals surface area contributed by atoms with Gasteiger partial charge in [0.15, 0.2) is 0 Å². The molecule has 0 spiro atoms. The van der Waals surface area contributed by atoms with Crippen LogP contribution in [-0.2, 0) is 4.79 Å². The smallest absolute Gasteiger partial charge is 0.223 e. The van der Waals surface area contributed by atoms with Gasteiger partial charge in [0, 0.05) is 24.4 Å². The first-order chi connectivity index (χ1) is 10.6. The topological polar surface area (TPSA) is 72.9 Å². The maximum absolute atomic E-state index is 12.3. The van der Waals surface area contributed by atoms with Gasteiger partial charge in [-0.25, -0.2) is 4.68 Å². The second-order valence-electron chi connectivity index (χ2n) is 6.05. The van der Waals surface area contributed by atoms with Crippen LogP contribution in [0.25, 0.3) is 5.69 Å². The van der Waals surface area contributed by atoms with Crippen LogP contribution in [0.2, 0.25) is 0 Å². The molecule has 1 aromatic heterocycles. The fourth-order valence-corrected chi connectivity index (χ4v) is 3.03. The molecule has 0 radical (unpaired) electrons. The van der Waals surface area contributed by atoms with Gasteiger partial charge in [0.05, 0.1) is 11.7 Å². The highest BCUT2D eigenvalue weighted by Crippen LogP contribution is 2.25. The van der Waals surface area contributed by atoms with Crippen molar-refractivity contribution >= 4 is 18.3 Å². The first-order valence-corrected chi connectivity index (χ1v) is 7.79. The van der Waals surface area contributed by atoms with Gasteiger partial charge in [-0.2, -0.15) is 5.10 Å². The van der Waals surface area contributed by atoms with Gasteiger partial charge in [0.1, 0.15) is 0 Å². The van der Waals surface area contributed by atoms with E-state index in [-0.39, 0.29) is 36.3 Å². The van der Waals surface area contributed by atoms with Crippen molar-refractivity contribution in [3.63, 3.8) is 0 Å². The fourth-order valence-electron chi connectivity index (χ4n) is 3.03. The molecule has 0 saturated heterocycles. The van der Waals surface area contributed by atoms with E-state index in [0.29, 0.717) is 0 Å². The van der Waals surface area contributed by atoms with Crippen molar-refractivity contribution in [1.29, 1.82) is 0 Å². The van der Waals surface area contributed by atoms with E-state index in [9.17, 15) is 4.79 Å². The maximum Gasteiger partial charge on any atom is 0.223 e. The van der Waals surface area contributed by atoms with Gasteiger partial charge in [0.2, 0.25) is 5.91 Å². The van der Waals surface area contributed by atoms with Crippen LogP contribution >= 0.6 is 12.4 Å². The summed E-state index contributed by atoms with van der Waals surface area (Å²) in [6, 6.07) is 10.1. The highest BCUT2D eigenvalue weighted by Gasteiger charge is 2.28. The first kappa shape index (κ1) is 17.5. The van der Waals surface area contributed by atoms with Crippen molar-refractivity contribution in [2.24, 2.45) is 11.7 Å². The predicted octanol–water partition coefficient (Wildman–Crippen LogP) is 2.60. The molecule has 0 bridgehead atoms. The fraction of sp³-hybridized carbons (Fsp3) is 0.412. The molecule has 3 atom stereocenters. The molecule has 5 nitrogen and oxygen atoms in total. The predicted molar refractivity (Wildman–Crippen MR) is 92.7 cm³/mol. The minimum atomic E-state index is -0.0279. The number of rotatable bonds is 4. The van der Waals surface area contributed by atoms with Gasteiger partial charge in [-0.3, -0.25) is 4.79 Å². The van der Waals surface area contributed by atoms with E-state index in [1.54, 1.807) is 6.20 Å². The van der Waals surface area contributed by atoms with E-state index in [1.165, 1.54) is 0 Å². The molecule has 1 aliphatic rings. The summed E-state index contributed by atoms with van der Waals surface area (Å²) in [6.07, 6.45) is 6.30. The average molecular weight is 335 g/mol. The van der Waals surface area contributed by atoms with E-state index in [4.69, 9.17) is 5.73 Å². The minimum absolute atomic E-state index is 0. The Hall–Kier alpha value is -1.85. The molecule has 2 aromatic rings. The molecule has 0 aliphatic heterocycles. The van der Waals surface area contributed by atoms with E-state index in [2.05, 4.69) is 16.5 Å². The van der Waals surface area contributed by atoms with Crippen LogP contribution in [0.4, 0.5) is 0 Å². The monoisotopic (exact) mass is 334 g/mol. The number of hydrogen-bond donors (Lipinski definition) is 2. The van der Waals surface area contributed by atoms with E-state index in [0.717, 1.165) is 30.5 Å². The number of halogens is 1. The summed E-state index contributed by atoms with van der Waals surface area (Å²) in [4.78, 5) is 12.3. The summed E-state index contributed by atoms with van der Waals surface area (Å²) in [6.45, 7) is 2.01. The van der Waals surface area contributed by atoms with Crippen LogP contribution in [0.1, 0.15) is 37.8 Å². The van der Waals surface area contributed by atoms with E-state index >= 15 is 0 Å². The number of carbonyl (C=O) groups is 1. The number of benzene rings is 1. The molecule has 1 saturated carbocycles. The number of aromatic nitrogens is 2. The van der Waals surface area contributed by atoms with E-state index in [1.807, 2.05) is 42.1 Å². The maximum atomic E-state index is 12.3. The Labute approximate surface area is 142 Å². The number of amides is 1. The van der Waals surface area contributed by atoms with Crippen molar-refractivity contribution in [2.75, 3.05) is 0 Å². The zero-order valence-corrected chi connectivity index (χ0v) is 14.0. The van der Waals surface area contributed by atoms with Crippen molar-refractivity contribution in [3.8, 4) is 5.69 Å². The molecular formula is C17H23ClN4O. The minimum Gasteiger partial charge on any atom is -0.349 e. The van der Waals surface area contributed by atoms with Gasteiger partial charge >= 0.3 is 0 Å². The molecule has 3 N–H and O–H groups in total. The molecule has 6 heteroatoms. The Bertz CT molecular complexity index is 644. The standard InChI is InChI=1S/C17H22N4O.ClH/c1-12(20-17(22)14-6-7-15(18)10-14)13-4-2-5-16(11-13)21-9-3-8-19-21;/h2-5,8-9,11-12,14-15H,6-7,10,18H2,1H3,(H,20,22);1H. The zero-order valence-electron chi connectivity index (χ0n) is 13.2. The van der Waals surface area contributed by atoms with Crippen molar-refractivity contribution in [1.82, 2.24) is 15.1 Å². The lowest BCUT2D eigenvalue weighted by Gasteiger charge is -2.18. The third kappa shape index (κ3) is 4.12. The molecule has 1 fully saturated rings. The number of nitrogens with two attached hydrogens (primary N) is 1. The molecule has 3 unspecified atom stereocenters. The molecule has 1 aliphatic carbocycles. The van der Waals surface area contributed by atoms with Gasteiger partial charge in [-0.05, 0) is 49.9 Å². The van der Waals surface area contributed by atoms with Crippen LogP contribution in [0.5, 0.6) is 0 Å². The normalized spacial score (nSPS) is 21.5. The van der Waals surface area contributed by atoms with Gasteiger partial charge in [-0.1, -0.05) is 12.1 Å². The molecule has 1 aromatic carbocycles. The molecule has 1 heterocycles. The highest BCUT2D eigenvalue weighted by molar-refractivity contribution is 5.85. The summed E-state index contributed by atoms with van der Waals surface area (Å²) < 4.78 is 1.81. The number of nitrogens with one attached hydrogen (secondary N) is 1. The second-order valence-corrected chi connectivity index (χ2v) is 6.05. The molecule has 23 heavy (non-hydrogen) atoms. The summed E-state index contributed by atoms with van der Waals surface area (Å²) in [7, 11) is 0. The Morgan fingerprint density at radius 2 is 2.22 bits per heavy atom. The van der Waals surface area contributed by atoms with E-state index < -0.39 is 0 Å². The third-order valence-electron chi connectivity index (χ3n) is 4.34. The Morgan fingerprint density at radius 3 is 2.87 bits per heavy atom. The number of hydrogen-bond acceptors (Lipinski definition) is 3. The van der Waals surface area contributed by atoms with Crippen molar-refractivity contribution < 1.29 is 4.79 Å². The molecular weight excluding hydrogens is 312 g/mol. The van der Waals surface area contributed by atoms with Gasteiger partial charge in [-0.15, -0.1) is 12.4 Å². The molecule has 1 amide bonds. The van der Waals surface area contributed by atoms with Crippen molar-refractivity contribution in [2.45, 2.75) is 38.3 Å². The first-order valence-electron chi connectivity index (χ1n) is 7.79. The lowest BCUT2D eigenvalue weighted by atomic mass is 10.0. The lowest BCUT2D eigenvalue weighted by Crippen LogP contribution is -2.32. The highest BCUT2D eigenvalue weighted by atomic mass is 35.5. The summed E-state index contributed by atoms with van der Waals surface area (Å²) in [5, 5.41) is 7.34. The summed E-state index contributed by atoms with van der Waals surface area (Å²) in [5.41, 5.74) is 7.95. The van der Waals surface area contributed by atoms with Crippen LogP contribution < -0.4 is 11.1 Å². The van der Waals surface area contributed by atoms with Crippen LogP contribution in [-0.4, -0.2) is 21.7 Å². The summed E-state index contributed by atoms with van der Waals surface area (Å²) in [5.74, 6) is 0.177. The van der Waals surface area contributed by atoms with Gasteiger partial charge < -0.3 is 11.1 Å².